The van der Waals surface area contributed by atoms with Crippen molar-refractivity contribution in [1.82, 2.24) is 9.97 Å². The van der Waals surface area contributed by atoms with Crippen molar-refractivity contribution in [2.45, 2.75) is 0 Å². The Balaban J connectivity index is 2.05. The van der Waals surface area contributed by atoms with Crippen LogP contribution in [0.5, 0.6) is 0 Å². The van der Waals surface area contributed by atoms with E-state index in [2.05, 4.69) is 15.3 Å². The highest BCUT2D eigenvalue weighted by Crippen LogP contribution is 2.24. The molecule has 1 heterocycles. The summed E-state index contributed by atoms with van der Waals surface area (Å²) in [7, 11) is 0. The molecule has 3 rings (SSSR count). The minimum Gasteiger partial charge on any atom is -0.478 e. The average Bonchev–Trinajstić information content (AvgIpc) is 3.00. The van der Waals surface area contributed by atoms with Crippen LogP contribution in [-0.4, -0.2) is 27.0 Å². The number of aromatic amines is 1. The van der Waals surface area contributed by atoms with Gasteiger partial charge in [0.1, 0.15) is 5.69 Å². The number of nitrogens with one attached hydrogen (secondary N) is 2. The van der Waals surface area contributed by atoms with Crippen LogP contribution in [0.3, 0.4) is 0 Å². The van der Waals surface area contributed by atoms with E-state index in [1.54, 1.807) is 12.1 Å². The molecular weight excluding hydrogens is 270 g/mol. The lowest BCUT2D eigenvalue weighted by atomic mass is 10.0. The molecule has 0 aliphatic carbocycles. The van der Waals surface area contributed by atoms with Crippen LogP contribution in [0.2, 0.25) is 0 Å². The molecule has 6 nitrogen and oxygen atoms in total. The number of aromatic carboxylic acids is 1. The summed E-state index contributed by atoms with van der Waals surface area (Å²) in [6.07, 6.45) is 2.75. The quantitative estimate of drug-likeness (QED) is 0.687. The molecule has 2 aromatic carbocycles. The van der Waals surface area contributed by atoms with Crippen LogP contribution in [-0.2, 0) is 0 Å². The summed E-state index contributed by atoms with van der Waals surface area (Å²) >= 11 is 0. The summed E-state index contributed by atoms with van der Waals surface area (Å²) in [5.74, 6) is -1.54. The fourth-order valence-electron chi connectivity index (χ4n) is 2.09. The van der Waals surface area contributed by atoms with Gasteiger partial charge in [-0.05, 0) is 22.9 Å². The lowest BCUT2D eigenvalue weighted by Gasteiger charge is -2.09. The van der Waals surface area contributed by atoms with Crippen LogP contribution >= 0.6 is 0 Å². The number of H-pyrrole nitrogens is 1. The molecule has 0 saturated heterocycles. The third-order valence-electron chi connectivity index (χ3n) is 3.11. The number of amides is 1. The SMILES string of the molecule is O=C(Nc1cc2ccccc2cc1C(=O)O)c1cnc[nH]1. The molecular formula is C15H11N3O3. The largest absolute Gasteiger partial charge is 0.478 e. The van der Waals surface area contributed by atoms with Gasteiger partial charge in [-0.15, -0.1) is 0 Å². The highest BCUT2D eigenvalue weighted by atomic mass is 16.4. The van der Waals surface area contributed by atoms with E-state index in [1.165, 1.54) is 12.5 Å². The number of hydrogen-bond acceptors (Lipinski definition) is 3. The highest BCUT2D eigenvalue weighted by molar-refractivity contribution is 6.09. The number of carboxylic acid groups (broad SMARTS) is 1. The first kappa shape index (κ1) is 12.9. The van der Waals surface area contributed by atoms with Gasteiger partial charge in [0.05, 0.1) is 23.8 Å². The van der Waals surface area contributed by atoms with E-state index in [0.717, 1.165) is 10.8 Å². The number of nitrogens with zero attached hydrogens (tertiary/aromatic N) is 1. The van der Waals surface area contributed by atoms with Gasteiger partial charge in [-0.2, -0.15) is 0 Å². The zero-order valence-electron chi connectivity index (χ0n) is 10.8. The minimum atomic E-state index is -1.10. The summed E-state index contributed by atoms with van der Waals surface area (Å²) in [6, 6.07) is 10.5. The number of aromatic nitrogens is 2. The Morgan fingerprint density at radius 3 is 2.48 bits per heavy atom. The second-order valence-electron chi connectivity index (χ2n) is 4.47. The average molecular weight is 281 g/mol. The van der Waals surface area contributed by atoms with Gasteiger partial charge in [0.25, 0.3) is 5.91 Å². The first-order valence-corrected chi connectivity index (χ1v) is 6.21. The maximum absolute atomic E-state index is 12.0. The van der Waals surface area contributed by atoms with Crippen molar-refractivity contribution in [2.24, 2.45) is 0 Å². The van der Waals surface area contributed by atoms with Crippen LogP contribution < -0.4 is 5.32 Å². The molecule has 0 saturated carbocycles. The van der Waals surface area contributed by atoms with E-state index >= 15 is 0 Å². The van der Waals surface area contributed by atoms with E-state index < -0.39 is 11.9 Å². The third-order valence-corrected chi connectivity index (χ3v) is 3.11. The second kappa shape index (κ2) is 5.09. The van der Waals surface area contributed by atoms with E-state index in [9.17, 15) is 14.7 Å². The van der Waals surface area contributed by atoms with E-state index in [-0.39, 0.29) is 16.9 Å². The van der Waals surface area contributed by atoms with Gasteiger partial charge in [-0.25, -0.2) is 9.78 Å². The van der Waals surface area contributed by atoms with Crippen molar-refractivity contribution in [2.75, 3.05) is 5.32 Å². The fourth-order valence-corrected chi connectivity index (χ4v) is 2.09. The maximum Gasteiger partial charge on any atom is 0.337 e. The number of carboxylic acids is 1. The van der Waals surface area contributed by atoms with Gasteiger partial charge >= 0.3 is 5.97 Å². The lowest BCUT2D eigenvalue weighted by Crippen LogP contribution is -2.15. The fraction of sp³-hybridized carbons (Fsp3) is 0. The number of hydrogen-bond donors (Lipinski definition) is 3. The van der Waals surface area contributed by atoms with Crippen LogP contribution in [0.1, 0.15) is 20.8 Å². The number of imidazole rings is 1. The first-order chi connectivity index (χ1) is 10.1. The molecule has 0 radical (unpaired) electrons. The minimum absolute atomic E-state index is 0.0431. The van der Waals surface area contributed by atoms with Gasteiger partial charge < -0.3 is 15.4 Å². The molecule has 1 aromatic heterocycles. The number of benzene rings is 2. The Kier molecular flexibility index (Phi) is 3.12. The van der Waals surface area contributed by atoms with Gasteiger partial charge in [-0.1, -0.05) is 24.3 Å². The van der Waals surface area contributed by atoms with Crippen molar-refractivity contribution in [3.63, 3.8) is 0 Å². The predicted octanol–water partition coefficient (Wildman–Crippen LogP) is 2.51. The Morgan fingerprint density at radius 2 is 1.86 bits per heavy atom. The van der Waals surface area contributed by atoms with Crippen LogP contribution in [0.4, 0.5) is 5.69 Å². The van der Waals surface area contributed by atoms with E-state index in [4.69, 9.17) is 0 Å². The van der Waals surface area contributed by atoms with Crippen molar-refractivity contribution in [3.05, 3.63) is 60.2 Å². The van der Waals surface area contributed by atoms with E-state index in [0.29, 0.717) is 0 Å². The molecule has 6 heteroatoms. The van der Waals surface area contributed by atoms with Crippen molar-refractivity contribution in [3.8, 4) is 0 Å². The molecule has 0 aliphatic heterocycles. The smallest absolute Gasteiger partial charge is 0.337 e. The summed E-state index contributed by atoms with van der Waals surface area (Å²) in [4.78, 5) is 29.8. The predicted molar refractivity (Wildman–Crippen MR) is 77.4 cm³/mol. The number of fused-ring (bicyclic) bond motifs is 1. The summed E-state index contributed by atoms with van der Waals surface area (Å²) in [5, 5.41) is 13.5. The van der Waals surface area contributed by atoms with Crippen molar-refractivity contribution in [1.29, 1.82) is 0 Å². The number of carbonyl (C=O) groups excluding carboxylic acids is 1. The van der Waals surface area contributed by atoms with Crippen LogP contribution in [0.25, 0.3) is 10.8 Å². The van der Waals surface area contributed by atoms with Crippen LogP contribution in [0, 0.1) is 0 Å². The molecule has 3 aromatic rings. The normalized spacial score (nSPS) is 10.5. The molecule has 1 amide bonds. The first-order valence-electron chi connectivity index (χ1n) is 6.21. The molecule has 0 bridgehead atoms. The molecule has 3 N–H and O–H groups in total. The van der Waals surface area contributed by atoms with E-state index in [1.807, 2.05) is 24.3 Å². The van der Waals surface area contributed by atoms with Gasteiger partial charge in [0.15, 0.2) is 0 Å². The summed E-state index contributed by atoms with van der Waals surface area (Å²) < 4.78 is 0. The second-order valence-corrected chi connectivity index (χ2v) is 4.47. The molecule has 0 atom stereocenters. The topological polar surface area (TPSA) is 95.1 Å². The van der Waals surface area contributed by atoms with Crippen LogP contribution in [0.15, 0.2) is 48.9 Å². The van der Waals surface area contributed by atoms with Gasteiger partial charge in [0, 0.05) is 0 Å². The number of rotatable bonds is 3. The number of carbonyl (C=O) groups is 2. The Morgan fingerprint density at radius 1 is 1.14 bits per heavy atom. The maximum atomic E-state index is 12.0. The lowest BCUT2D eigenvalue weighted by molar-refractivity contribution is 0.0698. The Hall–Kier alpha value is -3.15. The Labute approximate surface area is 119 Å². The molecule has 0 spiro atoms. The molecule has 0 fully saturated rings. The van der Waals surface area contributed by atoms with Crippen molar-refractivity contribution >= 4 is 28.3 Å². The molecule has 0 aliphatic rings. The third kappa shape index (κ3) is 2.46. The summed E-state index contributed by atoms with van der Waals surface area (Å²) in [5.41, 5.74) is 0.557. The molecule has 0 unspecified atom stereocenters. The van der Waals surface area contributed by atoms with Gasteiger partial charge in [-0.3, -0.25) is 4.79 Å². The zero-order valence-corrected chi connectivity index (χ0v) is 10.8. The monoisotopic (exact) mass is 281 g/mol. The summed E-state index contributed by atoms with van der Waals surface area (Å²) in [6.45, 7) is 0. The standard InChI is InChI=1S/C15H11N3O3/c19-14(13-7-16-8-17-13)18-12-6-10-4-2-1-3-9(10)5-11(12)15(20)21/h1-8H,(H,16,17)(H,18,19)(H,20,21). The molecule has 21 heavy (non-hydrogen) atoms. The zero-order chi connectivity index (χ0) is 14.8. The highest BCUT2D eigenvalue weighted by Gasteiger charge is 2.15. The van der Waals surface area contributed by atoms with Gasteiger partial charge in [0.2, 0.25) is 0 Å². The molecule has 104 valence electrons. The number of anilines is 1. The Bertz CT molecular complexity index is 825. The van der Waals surface area contributed by atoms with Crippen molar-refractivity contribution < 1.29 is 14.7 Å².